The summed E-state index contributed by atoms with van der Waals surface area (Å²) in [5.41, 5.74) is 2.28. The van der Waals surface area contributed by atoms with E-state index in [4.69, 9.17) is 9.47 Å². The number of morpholine rings is 1. The Hall–Kier alpha value is -2.48. The smallest absolute Gasteiger partial charge is 0.266 e. The van der Waals surface area contributed by atoms with Crippen molar-refractivity contribution in [1.29, 1.82) is 0 Å². The first-order valence-electron chi connectivity index (χ1n) is 9.11. The van der Waals surface area contributed by atoms with E-state index in [-0.39, 0.29) is 18.3 Å². The van der Waals surface area contributed by atoms with E-state index in [1.54, 1.807) is 13.2 Å². The van der Waals surface area contributed by atoms with Crippen molar-refractivity contribution < 1.29 is 18.7 Å². The second-order valence-electron chi connectivity index (χ2n) is 6.53. The number of carbonyl (C=O) groups is 1. The van der Waals surface area contributed by atoms with Crippen LogP contribution in [0.3, 0.4) is 0 Å². The molecular formula is C21H21FN2O3S. The highest BCUT2D eigenvalue weighted by molar-refractivity contribution is 7.21. The lowest BCUT2D eigenvalue weighted by Gasteiger charge is -2.30. The highest BCUT2D eigenvalue weighted by Gasteiger charge is 2.22. The number of fused-ring (bicyclic) bond motifs is 1. The summed E-state index contributed by atoms with van der Waals surface area (Å²) in [5, 5.41) is 3.47. The monoisotopic (exact) mass is 400 g/mol. The molecule has 0 spiro atoms. The molecule has 5 nitrogen and oxygen atoms in total. The van der Waals surface area contributed by atoms with Gasteiger partial charge in [-0.2, -0.15) is 0 Å². The van der Waals surface area contributed by atoms with Crippen LogP contribution < -0.4 is 10.2 Å². The molecule has 28 heavy (non-hydrogen) atoms. The number of anilines is 2. The number of nitrogens with zero attached hydrogens (tertiary/aromatic N) is 1. The third kappa shape index (κ3) is 3.61. The van der Waals surface area contributed by atoms with Crippen molar-refractivity contribution in [3.05, 3.63) is 58.7 Å². The van der Waals surface area contributed by atoms with E-state index in [0.717, 1.165) is 29.2 Å². The van der Waals surface area contributed by atoms with Gasteiger partial charge in [0.15, 0.2) is 0 Å². The highest BCUT2D eigenvalue weighted by atomic mass is 32.1. The van der Waals surface area contributed by atoms with E-state index in [2.05, 4.69) is 10.2 Å². The Balaban J connectivity index is 1.68. The summed E-state index contributed by atoms with van der Waals surface area (Å²) >= 11 is 1.28. The highest BCUT2D eigenvalue weighted by Crippen LogP contribution is 2.35. The lowest BCUT2D eigenvalue weighted by molar-refractivity contribution is 0.102. The number of rotatable bonds is 5. The van der Waals surface area contributed by atoms with Crippen molar-refractivity contribution in [3.63, 3.8) is 0 Å². The molecule has 0 atom stereocenters. The van der Waals surface area contributed by atoms with Crippen molar-refractivity contribution >= 4 is 38.7 Å². The number of hydrogen-bond donors (Lipinski definition) is 1. The van der Waals surface area contributed by atoms with Gasteiger partial charge in [0.1, 0.15) is 5.82 Å². The van der Waals surface area contributed by atoms with Crippen LogP contribution >= 0.6 is 11.3 Å². The van der Waals surface area contributed by atoms with Crippen molar-refractivity contribution in [2.24, 2.45) is 0 Å². The minimum atomic E-state index is -0.339. The molecule has 2 heterocycles. The maximum atomic E-state index is 14.4. The van der Waals surface area contributed by atoms with Gasteiger partial charge in [0, 0.05) is 35.8 Å². The molecule has 4 rings (SSSR count). The molecule has 1 saturated heterocycles. The maximum absolute atomic E-state index is 14.4. The van der Waals surface area contributed by atoms with E-state index < -0.39 is 0 Å². The number of benzene rings is 2. The zero-order chi connectivity index (χ0) is 19.5. The van der Waals surface area contributed by atoms with Gasteiger partial charge in [-0.1, -0.05) is 18.2 Å². The third-order valence-electron chi connectivity index (χ3n) is 4.76. The van der Waals surface area contributed by atoms with E-state index in [9.17, 15) is 9.18 Å². The van der Waals surface area contributed by atoms with Crippen LogP contribution in [-0.4, -0.2) is 39.3 Å². The molecule has 0 saturated carbocycles. The number of hydrogen-bond acceptors (Lipinski definition) is 5. The normalized spacial score (nSPS) is 14.4. The van der Waals surface area contributed by atoms with Crippen molar-refractivity contribution in [2.45, 2.75) is 6.61 Å². The number of amides is 1. The largest absolute Gasteiger partial charge is 0.380 e. The molecule has 1 fully saturated rings. The summed E-state index contributed by atoms with van der Waals surface area (Å²) in [6.07, 6.45) is 0. The first kappa shape index (κ1) is 18.9. The van der Waals surface area contributed by atoms with Gasteiger partial charge < -0.3 is 19.7 Å². The number of methoxy groups -OCH3 is 1. The van der Waals surface area contributed by atoms with Crippen LogP contribution in [0.25, 0.3) is 10.1 Å². The first-order chi connectivity index (χ1) is 13.7. The topological polar surface area (TPSA) is 50.8 Å². The van der Waals surface area contributed by atoms with Gasteiger partial charge in [0.25, 0.3) is 5.91 Å². The van der Waals surface area contributed by atoms with Crippen LogP contribution in [-0.2, 0) is 16.1 Å². The number of halogens is 1. The molecule has 1 aliphatic heterocycles. The number of thiophene rings is 1. The number of carbonyl (C=O) groups excluding carboxylic acids is 1. The van der Waals surface area contributed by atoms with Gasteiger partial charge in [-0.25, -0.2) is 4.39 Å². The predicted molar refractivity (Wildman–Crippen MR) is 110 cm³/mol. The molecule has 1 amide bonds. The minimum absolute atomic E-state index is 0.175. The molecule has 3 aromatic rings. The van der Waals surface area contributed by atoms with Crippen LogP contribution in [0.5, 0.6) is 0 Å². The Labute approximate surface area is 166 Å². The molecule has 0 aliphatic carbocycles. The molecule has 0 radical (unpaired) electrons. The van der Waals surface area contributed by atoms with Gasteiger partial charge in [-0.3, -0.25) is 4.79 Å². The van der Waals surface area contributed by atoms with Gasteiger partial charge in [0.05, 0.1) is 36.1 Å². The lowest BCUT2D eigenvalue weighted by atomic mass is 10.1. The average Bonchev–Trinajstić information content (AvgIpc) is 3.09. The van der Waals surface area contributed by atoms with E-state index in [0.29, 0.717) is 29.0 Å². The fourth-order valence-electron chi connectivity index (χ4n) is 3.47. The summed E-state index contributed by atoms with van der Waals surface area (Å²) in [4.78, 5) is 15.8. The summed E-state index contributed by atoms with van der Waals surface area (Å²) in [7, 11) is 1.54. The standard InChI is InChI=1S/C21H21FN2O3S/c1-26-13-14-19-15(22)5-4-8-18(19)28-20(14)21(25)23-16-6-2-3-7-17(16)24-9-11-27-12-10-24/h2-8H,9-13H2,1H3,(H,23,25). The molecule has 1 aliphatic rings. The summed E-state index contributed by atoms with van der Waals surface area (Å²) in [5.74, 6) is -0.595. The second-order valence-corrected chi connectivity index (χ2v) is 7.58. The van der Waals surface area contributed by atoms with Crippen LogP contribution in [0.1, 0.15) is 15.2 Å². The van der Waals surface area contributed by atoms with E-state index >= 15 is 0 Å². The molecule has 7 heteroatoms. The molecule has 0 unspecified atom stereocenters. The molecule has 1 aromatic heterocycles. The van der Waals surface area contributed by atoms with Crippen LogP contribution in [0.2, 0.25) is 0 Å². The minimum Gasteiger partial charge on any atom is -0.380 e. The SMILES string of the molecule is COCc1c(C(=O)Nc2ccccc2N2CCOCC2)sc2cccc(F)c12. The lowest BCUT2D eigenvalue weighted by Crippen LogP contribution is -2.36. The molecule has 2 aromatic carbocycles. The molecular weight excluding hydrogens is 379 g/mol. The fourth-order valence-corrected chi connectivity index (χ4v) is 4.59. The van der Waals surface area contributed by atoms with Gasteiger partial charge in [-0.15, -0.1) is 11.3 Å². The molecule has 1 N–H and O–H groups in total. The van der Waals surface area contributed by atoms with Crippen molar-refractivity contribution in [3.8, 4) is 0 Å². The van der Waals surface area contributed by atoms with Gasteiger partial charge in [0.2, 0.25) is 0 Å². The van der Waals surface area contributed by atoms with E-state index in [1.165, 1.54) is 17.4 Å². The molecule has 146 valence electrons. The zero-order valence-electron chi connectivity index (χ0n) is 15.5. The second kappa shape index (κ2) is 8.26. The third-order valence-corrected chi connectivity index (χ3v) is 5.96. The predicted octanol–water partition coefficient (Wildman–Crippen LogP) is 4.28. The first-order valence-corrected chi connectivity index (χ1v) is 9.92. The van der Waals surface area contributed by atoms with Crippen LogP contribution in [0.15, 0.2) is 42.5 Å². The Morgan fingerprint density at radius 1 is 1.21 bits per heavy atom. The van der Waals surface area contributed by atoms with E-state index in [1.807, 2.05) is 30.3 Å². The van der Waals surface area contributed by atoms with Crippen molar-refractivity contribution in [1.82, 2.24) is 0 Å². The van der Waals surface area contributed by atoms with Crippen LogP contribution in [0, 0.1) is 5.82 Å². The zero-order valence-corrected chi connectivity index (χ0v) is 16.4. The molecule has 0 bridgehead atoms. The van der Waals surface area contributed by atoms with Gasteiger partial charge >= 0.3 is 0 Å². The average molecular weight is 400 g/mol. The van der Waals surface area contributed by atoms with Gasteiger partial charge in [-0.05, 0) is 24.3 Å². The Kier molecular flexibility index (Phi) is 5.57. The number of ether oxygens (including phenoxy) is 2. The Morgan fingerprint density at radius 3 is 2.79 bits per heavy atom. The van der Waals surface area contributed by atoms with Crippen molar-refractivity contribution in [2.75, 3.05) is 43.6 Å². The Bertz CT molecular complexity index is 998. The quantitative estimate of drug-likeness (QED) is 0.695. The number of para-hydroxylation sites is 2. The maximum Gasteiger partial charge on any atom is 0.266 e. The van der Waals surface area contributed by atoms with Crippen LogP contribution in [0.4, 0.5) is 15.8 Å². The Morgan fingerprint density at radius 2 is 2.00 bits per heavy atom. The fraction of sp³-hybridized carbons (Fsp3) is 0.286. The number of nitrogens with one attached hydrogen (secondary N) is 1. The summed E-state index contributed by atoms with van der Waals surface area (Å²) in [6, 6.07) is 12.6. The summed E-state index contributed by atoms with van der Waals surface area (Å²) in [6.45, 7) is 3.05. The summed E-state index contributed by atoms with van der Waals surface area (Å²) < 4.78 is 25.8.